The van der Waals surface area contributed by atoms with Gasteiger partial charge in [0.1, 0.15) is 0 Å². The maximum Gasteiger partial charge on any atom is 0.0519 e. The number of ether oxygens (including phenoxy) is 1. The van der Waals surface area contributed by atoms with Gasteiger partial charge in [0.25, 0.3) is 0 Å². The van der Waals surface area contributed by atoms with Gasteiger partial charge in [-0.05, 0) is 31.1 Å². The van der Waals surface area contributed by atoms with Crippen molar-refractivity contribution in [2.75, 3.05) is 19.8 Å². The Labute approximate surface area is 67.6 Å². The summed E-state index contributed by atoms with van der Waals surface area (Å²) in [7, 11) is 0. The minimum Gasteiger partial charge on any atom is -0.396 e. The summed E-state index contributed by atoms with van der Waals surface area (Å²) in [5, 5.41) is 8.84. The first-order chi connectivity index (χ1) is 5.42. The first-order valence-corrected chi connectivity index (χ1v) is 4.60. The lowest BCUT2D eigenvalue weighted by Gasteiger charge is -2.33. The van der Waals surface area contributed by atoms with Gasteiger partial charge >= 0.3 is 0 Å². The molecule has 1 atom stereocenters. The molecule has 0 spiro atoms. The summed E-state index contributed by atoms with van der Waals surface area (Å²) in [4.78, 5) is 0. The highest BCUT2D eigenvalue weighted by atomic mass is 16.5. The number of rotatable bonds is 4. The van der Waals surface area contributed by atoms with Crippen LogP contribution in [-0.2, 0) is 4.74 Å². The van der Waals surface area contributed by atoms with Gasteiger partial charge in [-0.25, -0.2) is 0 Å². The molecule has 0 aromatic heterocycles. The van der Waals surface area contributed by atoms with E-state index in [1.165, 1.54) is 12.8 Å². The molecule has 0 amide bonds. The molecule has 1 unspecified atom stereocenters. The number of aliphatic hydroxyl groups excluding tert-OH is 1. The summed E-state index contributed by atoms with van der Waals surface area (Å²) in [6.45, 7) is 2.25. The molecule has 1 saturated carbocycles. The van der Waals surface area contributed by atoms with E-state index in [4.69, 9.17) is 9.84 Å². The smallest absolute Gasteiger partial charge is 0.0519 e. The van der Waals surface area contributed by atoms with E-state index < -0.39 is 0 Å². The van der Waals surface area contributed by atoms with Crippen molar-refractivity contribution in [3.63, 3.8) is 0 Å². The third-order valence-corrected chi connectivity index (χ3v) is 2.96. The van der Waals surface area contributed by atoms with Gasteiger partial charge in [0.15, 0.2) is 0 Å². The lowest BCUT2D eigenvalue weighted by atomic mass is 9.84. The van der Waals surface area contributed by atoms with Crippen LogP contribution in [0.25, 0.3) is 0 Å². The zero-order valence-corrected chi connectivity index (χ0v) is 6.83. The molecule has 2 nitrogen and oxygen atoms in total. The quantitative estimate of drug-likeness (QED) is 0.659. The van der Waals surface area contributed by atoms with E-state index in [0.717, 1.165) is 37.4 Å². The zero-order valence-electron chi connectivity index (χ0n) is 6.83. The molecule has 2 heteroatoms. The predicted octanol–water partition coefficient (Wildman–Crippen LogP) is 1.04. The Kier molecular flexibility index (Phi) is 2.14. The second kappa shape index (κ2) is 3.11. The standard InChI is InChI=1S/C9H16O2/c10-4-3-9(7-1-2-7)8-5-11-6-8/h7-10H,1-6H2. The van der Waals surface area contributed by atoms with Gasteiger partial charge in [-0.2, -0.15) is 0 Å². The van der Waals surface area contributed by atoms with E-state index in [1.807, 2.05) is 0 Å². The van der Waals surface area contributed by atoms with E-state index in [-0.39, 0.29) is 0 Å². The normalized spacial score (nSPS) is 28.1. The summed E-state index contributed by atoms with van der Waals surface area (Å²) in [5.41, 5.74) is 0. The molecule has 11 heavy (non-hydrogen) atoms. The van der Waals surface area contributed by atoms with Gasteiger partial charge in [0.05, 0.1) is 13.2 Å². The fraction of sp³-hybridized carbons (Fsp3) is 1.00. The average molecular weight is 156 g/mol. The molecule has 2 aliphatic rings. The van der Waals surface area contributed by atoms with Crippen molar-refractivity contribution in [2.45, 2.75) is 19.3 Å². The largest absolute Gasteiger partial charge is 0.396 e. The van der Waals surface area contributed by atoms with Crippen molar-refractivity contribution in [3.05, 3.63) is 0 Å². The third-order valence-electron chi connectivity index (χ3n) is 2.96. The van der Waals surface area contributed by atoms with Gasteiger partial charge in [0.2, 0.25) is 0 Å². The molecule has 1 aliphatic carbocycles. The Morgan fingerprint density at radius 2 is 2.00 bits per heavy atom. The summed E-state index contributed by atoms with van der Waals surface area (Å²) in [6, 6.07) is 0. The second-order valence-corrected chi connectivity index (χ2v) is 3.81. The molecule has 0 radical (unpaired) electrons. The van der Waals surface area contributed by atoms with Crippen molar-refractivity contribution >= 4 is 0 Å². The fourth-order valence-corrected chi connectivity index (χ4v) is 2.03. The maximum atomic E-state index is 8.84. The highest BCUT2D eigenvalue weighted by molar-refractivity contribution is 4.87. The molecular formula is C9H16O2. The van der Waals surface area contributed by atoms with Crippen molar-refractivity contribution in [3.8, 4) is 0 Å². The topological polar surface area (TPSA) is 29.5 Å². The second-order valence-electron chi connectivity index (χ2n) is 3.81. The summed E-state index contributed by atoms with van der Waals surface area (Å²) in [5.74, 6) is 2.47. The van der Waals surface area contributed by atoms with Gasteiger partial charge in [0, 0.05) is 12.5 Å². The molecule has 1 heterocycles. The van der Waals surface area contributed by atoms with E-state index in [9.17, 15) is 0 Å². The number of hydrogen-bond acceptors (Lipinski definition) is 2. The lowest BCUT2D eigenvalue weighted by molar-refractivity contribution is -0.0694. The van der Waals surface area contributed by atoms with Crippen LogP contribution in [0.5, 0.6) is 0 Å². The van der Waals surface area contributed by atoms with Crippen LogP contribution < -0.4 is 0 Å². The Morgan fingerprint density at radius 3 is 2.36 bits per heavy atom. The SMILES string of the molecule is OCCC(C1CC1)C1COC1. The molecule has 1 saturated heterocycles. The molecule has 2 fully saturated rings. The lowest BCUT2D eigenvalue weighted by Crippen LogP contribution is -2.35. The van der Waals surface area contributed by atoms with Crippen LogP contribution in [0.2, 0.25) is 0 Å². The van der Waals surface area contributed by atoms with Crippen LogP contribution in [-0.4, -0.2) is 24.9 Å². The van der Waals surface area contributed by atoms with Crippen LogP contribution in [0.1, 0.15) is 19.3 Å². The zero-order chi connectivity index (χ0) is 7.68. The number of hydrogen-bond donors (Lipinski definition) is 1. The molecule has 64 valence electrons. The fourth-order valence-electron chi connectivity index (χ4n) is 2.03. The van der Waals surface area contributed by atoms with E-state index in [0.29, 0.717) is 6.61 Å². The molecule has 0 bridgehead atoms. The van der Waals surface area contributed by atoms with Crippen molar-refractivity contribution in [1.82, 2.24) is 0 Å². The van der Waals surface area contributed by atoms with Crippen LogP contribution in [0.4, 0.5) is 0 Å². The Morgan fingerprint density at radius 1 is 1.27 bits per heavy atom. The first-order valence-electron chi connectivity index (χ1n) is 4.60. The Hall–Kier alpha value is -0.0800. The number of aliphatic hydroxyl groups is 1. The van der Waals surface area contributed by atoms with Gasteiger partial charge in [-0.1, -0.05) is 0 Å². The summed E-state index contributed by atoms with van der Waals surface area (Å²) >= 11 is 0. The molecular weight excluding hydrogens is 140 g/mol. The van der Waals surface area contributed by atoms with Crippen LogP contribution >= 0.6 is 0 Å². The highest BCUT2D eigenvalue weighted by Gasteiger charge is 2.38. The predicted molar refractivity (Wildman–Crippen MR) is 42.2 cm³/mol. The van der Waals surface area contributed by atoms with Crippen LogP contribution in [0.15, 0.2) is 0 Å². The summed E-state index contributed by atoms with van der Waals surface area (Å²) < 4.78 is 5.16. The van der Waals surface area contributed by atoms with Gasteiger partial charge in [-0.15, -0.1) is 0 Å². The highest BCUT2D eigenvalue weighted by Crippen LogP contribution is 2.44. The molecule has 0 aromatic carbocycles. The van der Waals surface area contributed by atoms with Crippen LogP contribution in [0.3, 0.4) is 0 Å². The van der Waals surface area contributed by atoms with E-state index in [2.05, 4.69) is 0 Å². The molecule has 0 aromatic rings. The molecule has 1 aliphatic heterocycles. The van der Waals surface area contributed by atoms with Crippen LogP contribution in [0, 0.1) is 17.8 Å². The summed E-state index contributed by atoms with van der Waals surface area (Å²) in [6.07, 6.45) is 3.78. The van der Waals surface area contributed by atoms with Gasteiger partial charge < -0.3 is 9.84 Å². The Bertz CT molecular complexity index is 128. The monoisotopic (exact) mass is 156 g/mol. The van der Waals surface area contributed by atoms with Crippen molar-refractivity contribution < 1.29 is 9.84 Å². The maximum absolute atomic E-state index is 8.84. The minimum absolute atomic E-state index is 0.359. The van der Waals surface area contributed by atoms with Crippen molar-refractivity contribution in [2.24, 2.45) is 17.8 Å². The minimum atomic E-state index is 0.359. The first kappa shape index (κ1) is 7.56. The third kappa shape index (κ3) is 1.57. The molecule has 1 N–H and O–H groups in total. The average Bonchev–Trinajstić information content (AvgIpc) is 2.63. The molecule has 2 rings (SSSR count). The van der Waals surface area contributed by atoms with E-state index >= 15 is 0 Å². The Balaban J connectivity index is 1.81. The van der Waals surface area contributed by atoms with E-state index in [1.54, 1.807) is 0 Å². The van der Waals surface area contributed by atoms with Crippen molar-refractivity contribution in [1.29, 1.82) is 0 Å². The van der Waals surface area contributed by atoms with Gasteiger partial charge in [-0.3, -0.25) is 0 Å².